The van der Waals surface area contributed by atoms with Crippen molar-refractivity contribution in [3.63, 3.8) is 0 Å². The van der Waals surface area contributed by atoms with E-state index in [9.17, 15) is 5.26 Å². The van der Waals surface area contributed by atoms with E-state index in [4.69, 9.17) is 0 Å². The average molecular weight is 413 g/mol. The van der Waals surface area contributed by atoms with Crippen molar-refractivity contribution in [3.8, 4) is 6.07 Å². The summed E-state index contributed by atoms with van der Waals surface area (Å²) in [6.45, 7) is 5.29. The van der Waals surface area contributed by atoms with Gasteiger partial charge in [-0.25, -0.2) is 0 Å². The van der Waals surface area contributed by atoms with Crippen LogP contribution < -0.4 is 0 Å². The first-order valence-corrected chi connectivity index (χ1v) is 11.2. The van der Waals surface area contributed by atoms with Gasteiger partial charge in [-0.05, 0) is 55.6 Å². The van der Waals surface area contributed by atoms with Crippen molar-refractivity contribution >= 4 is 0 Å². The molecule has 6 heteroatoms. The van der Waals surface area contributed by atoms with E-state index in [1.165, 1.54) is 43.5 Å². The third-order valence-electron chi connectivity index (χ3n) is 6.66. The van der Waals surface area contributed by atoms with Gasteiger partial charge in [0.2, 0.25) is 0 Å². The van der Waals surface area contributed by atoms with Crippen LogP contribution in [0.3, 0.4) is 0 Å². The van der Waals surface area contributed by atoms with Crippen LogP contribution in [0.15, 0.2) is 60.9 Å². The summed E-state index contributed by atoms with van der Waals surface area (Å²) >= 11 is 0. The molecule has 0 spiro atoms. The topological polar surface area (TPSA) is 61.0 Å². The Kier molecular flexibility index (Phi) is 5.79. The molecule has 2 aliphatic heterocycles. The Morgan fingerprint density at radius 2 is 1.77 bits per heavy atom. The number of likely N-dealkylation sites (tertiary alicyclic amines) is 2. The Morgan fingerprint density at radius 1 is 1.00 bits per heavy atom. The molecule has 0 N–H and O–H groups in total. The maximum atomic E-state index is 9.23. The minimum absolute atomic E-state index is 0.0339. The Bertz CT molecular complexity index is 1030. The van der Waals surface area contributed by atoms with Crippen molar-refractivity contribution in [2.75, 3.05) is 26.2 Å². The van der Waals surface area contributed by atoms with Gasteiger partial charge < -0.3 is 4.57 Å². The molecule has 0 amide bonds. The summed E-state index contributed by atoms with van der Waals surface area (Å²) in [6, 6.07) is 21.3. The predicted molar refractivity (Wildman–Crippen MR) is 119 cm³/mol. The Balaban J connectivity index is 1.46. The molecule has 2 atom stereocenters. The van der Waals surface area contributed by atoms with E-state index in [0.717, 1.165) is 25.5 Å². The highest BCUT2D eigenvalue weighted by atomic mass is 15.3. The van der Waals surface area contributed by atoms with Gasteiger partial charge in [-0.1, -0.05) is 42.5 Å². The maximum absolute atomic E-state index is 9.23. The van der Waals surface area contributed by atoms with Crippen LogP contribution >= 0.6 is 0 Å². The molecular formula is C25H28N6. The molecule has 158 valence electrons. The third kappa shape index (κ3) is 4.25. The summed E-state index contributed by atoms with van der Waals surface area (Å²) in [5.41, 5.74) is 3.09. The smallest absolute Gasteiger partial charge is 0.155 e. The average Bonchev–Trinajstić information content (AvgIpc) is 3.58. The number of rotatable bonds is 6. The zero-order chi connectivity index (χ0) is 21.0. The SMILES string of the molecule is N#Cc1ccc(C(c2nncn2Cc2ccccc2)N2CC[C@H](N3CCCC3)C2)cc1. The van der Waals surface area contributed by atoms with Gasteiger partial charge in [-0.15, -0.1) is 10.2 Å². The quantitative estimate of drug-likeness (QED) is 0.621. The largest absolute Gasteiger partial charge is 0.311 e. The van der Waals surface area contributed by atoms with E-state index in [-0.39, 0.29) is 6.04 Å². The van der Waals surface area contributed by atoms with Crippen molar-refractivity contribution in [1.29, 1.82) is 5.26 Å². The van der Waals surface area contributed by atoms with Crippen LogP contribution in [0.2, 0.25) is 0 Å². The van der Waals surface area contributed by atoms with Crippen molar-refractivity contribution < 1.29 is 0 Å². The summed E-state index contributed by atoms with van der Waals surface area (Å²) in [5.74, 6) is 0.968. The number of hydrogen-bond donors (Lipinski definition) is 0. The van der Waals surface area contributed by atoms with E-state index in [1.54, 1.807) is 0 Å². The fraction of sp³-hybridized carbons (Fsp3) is 0.400. The summed E-state index contributed by atoms with van der Waals surface area (Å²) in [5, 5.41) is 18.1. The highest BCUT2D eigenvalue weighted by Crippen LogP contribution is 2.33. The monoisotopic (exact) mass is 412 g/mol. The zero-order valence-electron chi connectivity index (χ0n) is 17.8. The number of benzene rings is 2. The number of aromatic nitrogens is 3. The molecule has 2 aromatic carbocycles. The summed E-state index contributed by atoms with van der Waals surface area (Å²) in [6.07, 6.45) is 5.68. The number of nitrogens with zero attached hydrogens (tertiary/aromatic N) is 6. The van der Waals surface area contributed by atoms with Crippen LogP contribution in [0.25, 0.3) is 0 Å². The molecule has 1 aromatic heterocycles. The lowest BCUT2D eigenvalue weighted by molar-refractivity contribution is 0.210. The van der Waals surface area contributed by atoms with E-state index in [1.807, 2.05) is 24.5 Å². The first-order chi connectivity index (χ1) is 15.3. The molecule has 5 rings (SSSR count). The van der Waals surface area contributed by atoms with Crippen LogP contribution in [0.4, 0.5) is 0 Å². The molecule has 0 aliphatic carbocycles. The third-order valence-corrected chi connectivity index (χ3v) is 6.66. The second kappa shape index (κ2) is 9.01. The van der Waals surface area contributed by atoms with Gasteiger partial charge in [-0.3, -0.25) is 9.80 Å². The van der Waals surface area contributed by atoms with Crippen molar-refractivity contribution in [2.24, 2.45) is 0 Å². The molecular weight excluding hydrogens is 384 g/mol. The molecule has 2 fully saturated rings. The van der Waals surface area contributed by atoms with Gasteiger partial charge in [-0.2, -0.15) is 5.26 Å². The summed E-state index contributed by atoms with van der Waals surface area (Å²) in [7, 11) is 0. The lowest BCUT2D eigenvalue weighted by atomic mass is 10.0. The molecule has 0 radical (unpaired) electrons. The van der Waals surface area contributed by atoms with Crippen LogP contribution in [0.5, 0.6) is 0 Å². The van der Waals surface area contributed by atoms with Crippen LogP contribution in [0, 0.1) is 11.3 Å². The summed E-state index contributed by atoms with van der Waals surface area (Å²) < 4.78 is 2.17. The van der Waals surface area contributed by atoms with Crippen LogP contribution in [-0.4, -0.2) is 56.8 Å². The molecule has 6 nitrogen and oxygen atoms in total. The molecule has 2 aliphatic rings. The van der Waals surface area contributed by atoms with Crippen LogP contribution in [0.1, 0.15) is 47.8 Å². The van der Waals surface area contributed by atoms with Crippen LogP contribution in [-0.2, 0) is 6.54 Å². The van der Waals surface area contributed by atoms with E-state index in [2.05, 4.69) is 67.0 Å². The van der Waals surface area contributed by atoms with Gasteiger partial charge in [0.1, 0.15) is 6.33 Å². The second-order valence-corrected chi connectivity index (χ2v) is 8.62. The summed E-state index contributed by atoms with van der Waals surface area (Å²) in [4.78, 5) is 5.21. The van der Waals surface area contributed by atoms with Crippen molar-refractivity contribution in [1.82, 2.24) is 24.6 Å². The fourth-order valence-electron chi connectivity index (χ4n) is 5.05. The van der Waals surface area contributed by atoms with Gasteiger partial charge >= 0.3 is 0 Å². The normalized spacial score (nSPS) is 20.7. The maximum Gasteiger partial charge on any atom is 0.155 e. The highest BCUT2D eigenvalue weighted by molar-refractivity contribution is 5.35. The van der Waals surface area contributed by atoms with E-state index < -0.39 is 0 Å². The number of nitriles is 1. The molecule has 1 unspecified atom stereocenters. The standard InChI is InChI=1S/C25H28N6/c26-16-20-8-10-22(11-9-20)24(30-15-12-23(18-30)29-13-4-5-14-29)25-28-27-19-31(25)17-21-6-2-1-3-7-21/h1-3,6-11,19,23-24H,4-5,12-15,17-18H2/t23-,24?/m0/s1. The minimum atomic E-state index is 0.0339. The Morgan fingerprint density at radius 3 is 2.52 bits per heavy atom. The predicted octanol–water partition coefficient (Wildman–Crippen LogP) is 3.46. The molecule has 3 heterocycles. The second-order valence-electron chi connectivity index (χ2n) is 8.62. The van der Waals surface area contributed by atoms with Gasteiger partial charge in [0.15, 0.2) is 5.82 Å². The lowest BCUT2D eigenvalue weighted by Gasteiger charge is -2.29. The molecule has 0 saturated carbocycles. The Hall–Kier alpha value is -3.01. The van der Waals surface area contributed by atoms with Gasteiger partial charge in [0.05, 0.1) is 24.2 Å². The lowest BCUT2D eigenvalue weighted by Crippen LogP contribution is -2.37. The molecule has 3 aromatic rings. The fourth-order valence-corrected chi connectivity index (χ4v) is 5.05. The minimum Gasteiger partial charge on any atom is -0.311 e. The van der Waals surface area contributed by atoms with Crippen molar-refractivity contribution in [3.05, 3.63) is 83.4 Å². The molecule has 2 saturated heterocycles. The van der Waals surface area contributed by atoms with E-state index >= 15 is 0 Å². The molecule has 31 heavy (non-hydrogen) atoms. The first-order valence-electron chi connectivity index (χ1n) is 11.2. The molecule has 0 bridgehead atoms. The van der Waals surface area contributed by atoms with Gasteiger partial charge in [0, 0.05) is 19.1 Å². The van der Waals surface area contributed by atoms with E-state index in [0.29, 0.717) is 11.6 Å². The van der Waals surface area contributed by atoms with Gasteiger partial charge in [0.25, 0.3) is 0 Å². The highest BCUT2D eigenvalue weighted by Gasteiger charge is 2.36. The Labute approximate surface area is 183 Å². The van der Waals surface area contributed by atoms with Crippen molar-refractivity contribution in [2.45, 2.75) is 37.9 Å². The number of hydrogen-bond acceptors (Lipinski definition) is 5. The zero-order valence-corrected chi connectivity index (χ0v) is 17.8. The first kappa shape index (κ1) is 19.9.